The van der Waals surface area contributed by atoms with Gasteiger partial charge in [-0.2, -0.15) is 0 Å². The van der Waals surface area contributed by atoms with Crippen LogP contribution in [0, 0.1) is 5.92 Å². The van der Waals surface area contributed by atoms with E-state index in [1.165, 1.54) is 0 Å². The zero-order valence-electron chi connectivity index (χ0n) is 12.5. The second kappa shape index (κ2) is 8.72. The number of ether oxygens (including phenoxy) is 1. The van der Waals surface area contributed by atoms with Gasteiger partial charge in [-0.15, -0.1) is 0 Å². The van der Waals surface area contributed by atoms with Gasteiger partial charge < -0.3 is 24.9 Å². The number of aliphatic hydroxyl groups is 3. The Morgan fingerprint density at radius 3 is 2.30 bits per heavy atom. The molecule has 0 bridgehead atoms. The maximum Gasteiger partial charge on any atom is 0.129 e. The SMILES string of the molecule is CC(=O)CCCCCCC1OC(CO)C(O)C(O)C1C. The van der Waals surface area contributed by atoms with Gasteiger partial charge in [-0.1, -0.05) is 26.2 Å². The van der Waals surface area contributed by atoms with E-state index >= 15 is 0 Å². The van der Waals surface area contributed by atoms with Crippen molar-refractivity contribution in [3.63, 3.8) is 0 Å². The molecule has 3 N–H and O–H groups in total. The van der Waals surface area contributed by atoms with Crippen LogP contribution in [0.3, 0.4) is 0 Å². The van der Waals surface area contributed by atoms with Crippen molar-refractivity contribution in [1.82, 2.24) is 0 Å². The molecule has 0 amide bonds. The number of carbonyl (C=O) groups is 1. The average Bonchev–Trinajstić information content (AvgIpc) is 2.42. The van der Waals surface area contributed by atoms with Gasteiger partial charge in [0.05, 0.1) is 18.8 Å². The molecular formula is C15H28O5. The third-order valence-corrected chi connectivity index (χ3v) is 4.15. The highest BCUT2D eigenvalue weighted by molar-refractivity contribution is 5.75. The minimum atomic E-state index is -1.01. The fourth-order valence-electron chi connectivity index (χ4n) is 2.73. The van der Waals surface area contributed by atoms with Gasteiger partial charge in [-0.25, -0.2) is 0 Å². The van der Waals surface area contributed by atoms with Crippen LogP contribution in [-0.2, 0) is 9.53 Å². The second-order valence-electron chi connectivity index (χ2n) is 5.89. The van der Waals surface area contributed by atoms with Crippen molar-refractivity contribution in [2.75, 3.05) is 6.61 Å². The maximum absolute atomic E-state index is 10.8. The Balaban J connectivity index is 2.26. The summed E-state index contributed by atoms with van der Waals surface area (Å²) in [6.45, 7) is 3.20. The smallest absolute Gasteiger partial charge is 0.129 e. The molecule has 5 unspecified atom stereocenters. The van der Waals surface area contributed by atoms with Crippen molar-refractivity contribution >= 4 is 5.78 Å². The monoisotopic (exact) mass is 288 g/mol. The lowest BCUT2D eigenvalue weighted by Gasteiger charge is -2.41. The zero-order chi connectivity index (χ0) is 15.1. The summed E-state index contributed by atoms with van der Waals surface area (Å²) in [6, 6.07) is 0. The molecule has 0 spiro atoms. The number of unbranched alkanes of at least 4 members (excludes halogenated alkanes) is 3. The summed E-state index contributed by atoms with van der Waals surface area (Å²) in [5.74, 6) is 0.0992. The van der Waals surface area contributed by atoms with E-state index in [2.05, 4.69) is 0 Å². The first-order chi connectivity index (χ1) is 9.47. The summed E-state index contributed by atoms with van der Waals surface area (Å²) in [6.07, 6.45) is 2.73. The molecule has 0 aromatic rings. The highest BCUT2D eigenvalue weighted by atomic mass is 16.5. The molecule has 1 fully saturated rings. The highest BCUT2D eigenvalue weighted by Crippen LogP contribution is 2.29. The lowest BCUT2D eigenvalue weighted by Crippen LogP contribution is -2.54. The van der Waals surface area contributed by atoms with Crippen LogP contribution in [0.2, 0.25) is 0 Å². The zero-order valence-corrected chi connectivity index (χ0v) is 12.5. The first kappa shape index (κ1) is 17.6. The van der Waals surface area contributed by atoms with E-state index in [-0.39, 0.29) is 24.4 Å². The third kappa shape index (κ3) is 5.13. The molecule has 1 heterocycles. The molecule has 0 aliphatic carbocycles. The quantitative estimate of drug-likeness (QED) is 0.581. The Bertz CT molecular complexity index is 292. The van der Waals surface area contributed by atoms with Gasteiger partial charge in [-0.05, 0) is 19.8 Å². The number of Topliss-reactive ketones (excluding diaryl/α,β-unsaturated/α-hetero) is 1. The summed E-state index contributed by atoms with van der Waals surface area (Å²) in [7, 11) is 0. The number of aliphatic hydroxyl groups excluding tert-OH is 3. The van der Waals surface area contributed by atoms with Crippen LogP contribution in [0.15, 0.2) is 0 Å². The first-order valence-corrected chi connectivity index (χ1v) is 7.59. The van der Waals surface area contributed by atoms with Crippen molar-refractivity contribution in [1.29, 1.82) is 0 Å². The van der Waals surface area contributed by atoms with Gasteiger partial charge in [0, 0.05) is 12.3 Å². The minimum Gasteiger partial charge on any atom is -0.394 e. The lowest BCUT2D eigenvalue weighted by atomic mass is 9.86. The Morgan fingerprint density at radius 1 is 1.05 bits per heavy atom. The minimum absolute atomic E-state index is 0.127. The summed E-state index contributed by atoms with van der Waals surface area (Å²) >= 11 is 0. The summed E-state index contributed by atoms with van der Waals surface area (Å²) in [4.78, 5) is 10.8. The van der Waals surface area contributed by atoms with Crippen LogP contribution in [-0.4, -0.2) is 52.1 Å². The molecule has 0 aromatic heterocycles. The number of hydrogen-bond acceptors (Lipinski definition) is 5. The van der Waals surface area contributed by atoms with E-state index in [1.807, 2.05) is 6.92 Å². The van der Waals surface area contributed by atoms with Gasteiger partial charge in [0.2, 0.25) is 0 Å². The summed E-state index contributed by atoms with van der Waals surface area (Å²) < 4.78 is 5.66. The average molecular weight is 288 g/mol. The Morgan fingerprint density at radius 2 is 1.70 bits per heavy atom. The van der Waals surface area contributed by atoms with E-state index in [1.54, 1.807) is 6.92 Å². The Kier molecular flexibility index (Phi) is 7.66. The molecule has 1 saturated heterocycles. The predicted octanol–water partition coefficient (Wildman–Crippen LogP) is 1.03. The van der Waals surface area contributed by atoms with Gasteiger partial charge in [0.1, 0.15) is 18.0 Å². The number of hydrogen-bond donors (Lipinski definition) is 3. The lowest BCUT2D eigenvalue weighted by molar-refractivity contribution is -0.206. The van der Waals surface area contributed by atoms with E-state index in [0.717, 1.165) is 32.1 Å². The van der Waals surface area contributed by atoms with Crippen molar-refractivity contribution in [2.24, 2.45) is 5.92 Å². The molecular weight excluding hydrogens is 260 g/mol. The maximum atomic E-state index is 10.8. The van der Waals surface area contributed by atoms with Gasteiger partial charge in [0.25, 0.3) is 0 Å². The van der Waals surface area contributed by atoms with Crippen LogP contribution in [0.5, 0.6) is 0 Å². The number of rotatable bonds is 8. The Labute approximate surface area is 121 Å². The van der Waals surface area contributed by atoms with Gasteiger partial charge in [-0.3, -0.25) is 0 Å². The molecule has 5 heteroatoms. The normalized spacial score (nSPS) is 34.1. The van der Waals surface area contributed by atoms with Crippen molar-refractivity contribution in [2.45, 2.75) is 76.8 Å². The van der Waals surface area contributed by atoms with Gasteiger partial charge >= 0.3 is 0 Å². The van der Waals surface area contributed by atoms with Crippen LogP contribution in [0.25, 0.3) is 0 Å². The molecule has 1 aliphatic heterocycles. The molecule has 0 radical (unpaired) electrons. The fraction of sp³-hybridized carbons (Fsp3) is 0.933. The summed E-state index contributed by atoms with van der Waals surface area (Å²) in [5.41, 5.74) is 0. The molecule has 20 heavy (non-hydrogen) atoms. The van der Waals surface area contributed by atoms with E-state index < -0.39 is 18.3 Å². The van der Waals surface area contributed by atoms with Crippen molar-refractivity contribution in [3.05, 3.63) is 0 Å². The van der Waals surface area contributed by atoms with E-state index in [0.29, 0.717) is 6.42 Å². The third-order valence-electron chi connectivity index (χ3n) is 4.15. The number of carbonyl (C=O) groups excluding carboxylic acids is 1. The van der Waals surface area contributed by atoms with Crippen LogP contribution in [0.1, 0.15) is 52.4 Å². The Hall–Kier alpha value is -0.490. The molecule has 1 aliphatic rings. The van der Waals surface area contributed by atoms with Crippen LogP contribution >= 0.6 is 0 Å². The van der Waals surface area contributed by atoms with E-state index in [4.69, 9.17) is 9.84 Å². The first-order valence-electron chi connectivity index (χ1n) is 7.59. The molecule has 5 nitrogen and oxygen atoms in total. The summed E-state index contributed by atoms with van der Waals surface area (Å²) in [5, 5.41) is 28.8. The topological polar surface area (TPSA) is 87.0 Å². The molecule has 0 aromatic carbocycles. The fourth-order valence-corrected chi connectivity index (χ4v) is 2.73. The van der Waals surface area contributed by atoms with Crippen molar-refractivity contribution in [3.8, 4) is 0 Å². The van der Waals surface area contributed by atoms with Crippen LogP contribution < -0.4 is 0 Å². The molecule has 1 rings (SSSR count). The standard InChI is InChI=1S/C15H28O5/c1-10(17)7-5-3-4-6-8-12-11(2)14(18)15(19)13(9-16)20-12/h11-16,18-19H,3-9H2,1-2H3. The van der Waals surface area contributed by atoms with E-state index in [9.17, 15) is 15.0 Å². The molecule has 0 saturated carbocycles. The number of ketones is 1. The largest absolute Gasteiger partial charge is 0.394 e. The highest BCUT2D eigenvalue weighted by Gasteiger charge is 2.41. The van der Waals surface area contributed by atoms with Crippen molar-refractivity contribution < 1.29 is 24.9 Å². The van der Waals surface area contributed by atoms with Crippen LogP contribution in [0.4, 0.5) is 0 Å². The van der Waals surface area contributed by atoms with Gasteiger partial charge in [0.15, 0.2) is 0 Å². The second-order valence-corrected chi connectivity index (χ2v) is 5.89. The molecule has 118 valence electrons. The molecule has 5 atom stereocenters. The predicted molar refractivity (Wildman–Crippen MR) is 75.3 cm³/mol.